The summed E-state index contributed by atoms with van der Waals surface area (Å²) in [6.45, 7) is 8.42. The molecule has 3 rings (SSSR count). The van der Waals surface area contributed by atoms with Crippen LogP contribution in [0.25, 0.3) is 0 Å². The van der Waals surface area contributed by atoms with E-state index in [0.717, 1.165) is 18.2 Å². The maximum Gasteiger partial charge on any atom is 0.281 e. The number of anilines is 1. The number of aromatic nitrogens is 1. The molecule has 2 aromatic rings. The van der Waals surface area contributed by atoms with Crippen LogP contribution in [0.15, 0.2) is 30.9 Å². The van der Waals surface area contributed by atoms with E-state index in [1.54, 1.807) is 25.1 Å². The van der Waals surface area contributed by atoms with E-state index in [-0.39, 0.29) is 0 Å². The number of hydrogen-bond acceptors (Lipinski definition) is 8. The Morgan fingerprint density at radius 3 is 2.70 bits per heavy atom. The van der Waals surface area contributed by atoms with Crippen molar-refractivity contribution >= 4 is 28.3 Å². The molecule has 0 radical (unpaired) electrons. The number of benzene rings is 1. The number of methoxy groups -OCH3 is 1. The van der Waals surface area contributed by atoms with Gasteiger partial charge in [0, 0.05) is 18.7 Å². The maximum atomic E-state index is 12.5. The molecule has 0 bridgehead atoms. The van der Waals surface area contributed by atoms with Crippen molar-refractivity contribution in [1.29, 1.82) is 0 Å². The van der Waals surface area contributed by atoms with E-state index < -0.39 is 11.8 Å². The Morgan fingerprint density at radius 2 is 2.00 bits per heavy atom. The molecule has 0 saturated carbocycles. The van der Waals surface area contributed by atoms with Gasteiger partial charge in [-0.05, 0) is 25.1 Å². The van der Waals surface area contributed by atoms with Gasteiger partial charge in [0.15, 0.2) is 16.6 Å². The van der Waals surface area contributed by atoms with Gasteiger partial charge in [0.05, 0.1) is 26.0 Å². The summed E-state index contributed by atoms with van der Waals surface area (Å²) < 4.78 is 16.1. The molecule has 0 spiro atoms. The minimum atomic E-state index is -0.479. The van der Waals surface area contributed by atoms with Crippen LogP contribution in [0.2, 0.25) is 0 Å². The number of morpholine rings is 1. The van der Waals surface area contributed by atoms with E-state index in [1.165, 1.54) is 24.5 Å². The quantitative estimate of drug-likeness (QED) is 0.509. The molecular formula is C20H24N4O5S. The van der Waals surface area contributed by atoms with Crippen LogP contribution in [-0.2, 0) is 4.74 Å². The molecule has 2 heterocycles. The Morgan fingerprint density at radius 1 is 1.27 bits per heavy atom. The van der Waals surface area contributed by atoms with Crippen molar-refractivity contribution < 1.29 is 23.8 Å². The molecule has 1 fully saturated rings. The van der Waals surface area contributed by atoms with Gasteiger partial charge < -0.3 is 19.1 Å². The fourth-order valence-corrected chi connectivity index (χ4v) is 3.82. The van der Waals surface area contributed by atoms with E-state index in [2.05, 4.69) is 27.3 Å². The van der Waals surface area contributed by atoms with Gasteiger partial charge in [0.25, 0.3) is 11.8 Å². The molecule has 1 aliphatic rings. The van der Waals surface area contributed by atoms with E-state index in [9.17, 15) is 9.59 Å². The van der Waals surface area contributed by atoms with Crippen molar-refractivity contribution in [3.8, 4) is 11.5 Å². The van der Waals surface area contributed by atoms with Gasteiger partial charge in [-0.1, -0.05) is 24.0 Å². The largest absolute Gasteiger partial charge is 0.493 e. The van der Waals surface area contributed by atoms with Crippen LogP contribution < -0.4 is 25.2 Å². The summed E-state index contributed by atoms with van der Waals surface area (Å²) in [5, 5.41) is 0.770. The normalized spacial score (nSPS) is 13.5. The molecule has 1 aromatic heterocycles. The average Bonchev–Trinajstić information content (AvgIpc) is 3.18. The third kappa shape index (κ3) is 5.08. The van der Waals surface area contributed by atoms with Gasteiger partial charge in [-0.2, -0.15) is 0 Å². The van der Waals surface area contributed by atoms with Crippen molar-refractivity contribution in [2.45, 2.75) is 6.92 Å². The van der Waals surface area contributed by atoms with Crippen LogP contribution in [-0.4, -0.2) is 56.8 Å². The maximum absolute atomic E-state index is 12.5. The highest BCUT2D eigenvalue weighted by Crippen LogP contribution is 2.28. The first-order valence-electron chi connectivity index (χ1n) is 9.36. The van der Waals surface area contributed by atoms with E-state index in [0.29, 0.717) is 47.5 Å². The lowest BCUT2D eigenvalue weighted by Crippen LogP contribution is -2.41. The molecule has 1 aliphatic heterocycles. The van der Waals surface area contributed by atoms with Crippen molar-refractivity contribution in [1.82, 2.24) is 15.8 Å². The third-order valence-corrected chi connectivity index (χ3v) is 5.56. The van der Waals surface area contributed by atoms with E-state index in [4.69, 9.17) is 14.2 Å². The van der Waals surface area contributed by atoms with Gasteiger partial charge in [-0.3, -0.25) is 20.4 Å². The molecule has 0 atom stereocenters. The standard InChI is InChI=1S/C20H24N4O5S/c1-4-9-29-15-6-5-14(12-16(15)27-3)18(25)22-23-19(26)17-13(2)21-20(30-17)24-7-10-28-11-8-24/h4-6,12H,1,7-11H2,2-3H3,(H,22,25)(H,23,26). The van der Waals surface area contributed by atoms with Crippen molar-refractivity contribution in [2.24, 2.45) is 0 Å². The van der Waals surface area contributed by atoms with Gasteiger partial charge in [-0.15, -0.1) is 0 Å². The molecule has 2 N–H and O–H groups in total. The predicted octanol–water partition coefficient (Wildman–Crippen LogP) is 1.94. The van der Waals surface area contributed by atoms with E-state index in [1.807, 2.05) is 0 Å². The number of aryl methyl sites for hydroxylation is 1. The molecule has 1 saturated heterocycles. The summed E-state index contributed by atoms with van der Waals surface area (Å²) in [5.74, 6) is 0.00134. The van der Waals surface area contributed by atoms with Crippen LogP contribution >= 0.6 is 11.3 Å². The number of carbonyl (C=O) groups is 2. The van der Waals surface area contributed by atoms with Crippen molar-refractivity contribution in [3.63, 3.8) is 0 Å². The zero-order chi connectivity index (χ0) is 21.5. The predicted molar refractivity (Wildman–Crippen MR) is 114 cm³/mol. The Balaban J connectivity index is 1.62. The highest BCUT2D eigenvalue weighted by atomic mass is 32.1. The second-order valence-electron chi connectivity index (χ2n) is 6.38. The van der Waals surface area contributed by atoms with E-state index >= 15 is 0 Å². The zero-order valence-corrected chi connectivity index (χ0v) is 17.7. The Kier molecular flexibility index (Phi) is 7.26. The Bertz CT molecular complexity index is 924. The lowest BCUT2D eigenvalue weighted by molar-refractivity contribution is 0.0848. The van der Waals surface area contributed by atoms with Gasteiger partial charge in [-0.25, -0.2) is 4.98 Å². The number of hydrogen-bond donors (Lipinski definition) is 2. The molecule has 0 aliphatic carbocycles. The number of carbonyl (C=O) groups excluding carboxylic acids is 2. The lowest BCUT2D eigenvalue weighted by Gasteiger charge is -2.25. The topological polar surface area (TPSA) is 102 Å². The first kappa shape index (κ1) is 21.6. The molecule has 0 unspecified atom stereocenters. The highest BCUT2D eigenvalue weighted by molar-refractivity contribution is 7.17. The van der Waals surface area contributed by atoms with Crippen LogP contribution in [0.5, 0.6) is 11.5 Å². The molecule has 30 heavy (non-hydrogen) atoms. The molecular weight excluding hydrogens is 408 g/mol. The number of nitrogens with zero attached hydrogens (tertiary/aromatic N) is 2. The molecule has 160 valence electrons. The summed E-state index contributed by atoms with van der Waals surface area (Å²) in [6.07, 6.45) is 1.61. The second-order valence-corrected chi connectivity index (χ2v) is 7.36. The molecule has 10 heteroatoms. The second kappa shape index (κ2) is 10.1. The Labute approximate surface area is 178 Å². The molecule has 2 amide bonds. The number of rotatable bonds is 7. The van der Waals surface area contributed by atoms with Crippen LogP contribution in [0.3, 0.4) is 0 Å². The minimum absolute atomic E-state index is 0.313. The fourth-order valence-electron chi connectivity index (χ4n) is 2.80. The fraction of sp³-hybridized carbons (Fsp3) is 0.350. The summed E-state index contributed by atoms with van der Waals surface area (Å²) >= 11 is 1.29. The lowest BCUT2D eigenvalue weighted by atomic mass is 10.2. The molecule has 9 nitrogen and oxygen atoms in total. The summed E-state index contributed by atoms with van der Waals surface area (Å²) in [6, 6.07) is 4.74. The van der Waals surface area contributed by atoms with Gasteiger partial charge in [0.2, 0.25) is 0 Å². The van der Waals surface area contributed by atoms with Crippen LogP contribution in [0.4, 0.5) is 5.13 Å². The monoisotopic (exact) mass is 432 g/mol. The third-order valence-electron chi connectivity index (χ3n) is 4.35. The summed E-state index contributed by atoms with van der Waals surface area (Å²) in [5.41, 5.74) is 5.79. The molecule has 1 aromatic carbocycles. The zero-order valence-electron chi connectivity index (χ0n) is 16.9. The number of hydrazine groups is 1. The number of amides is 2. The SMILES string of the molecule is C=CCOc1ccc(C(=O)NNC(=O)c2sc(N3CCOCC3)nc2C)cc1OC. The number of ether oxygens (including phenoxy) is 3. The number of thiazole rings is 1. The Hall–Kier alpha value is -3.11. The average molecular weight is 433 g/mol. The first-order valence-corrected chi connectivity index (χ1v) is 10.2. The minimum Gasteiger partial charge on any atom is -0.493 e. The highest BCUT2D eigenvalue weighted by Gasteiger charge is 2.21. The van der Waals surface area contributed by atoms with Gasteiger partial charge >= 0.3 is 0 Å². The smallest absolute Gasteiger partial charge is 0.281 e. The van der Waals surface area contributed by atoms with Crippen LogP contribution in [0, 0.1) is 6.92 Å². The summed E-state index contributed by atoms with van der Waals surface area (Å²) in [4.78, 5) is 32.0. The first-order chi connectivity index (χ1) is 14.5. The van der Waals surface area contributed by atoms with Crippen molar-refractivity contribution in [3.05, 3.63) is 47.0 Å². The van der Waals surface area contributed by atoms with Gasteiger partial charge in [0.1, 0.15) is 11.5 Å². The van der Waals surface area contributed by atoms with Crippen LogP contribution in [0.1, 0.15) is 25.7 Å². The van der Waals surface area contributed by atoms with Crippen molar-refractivity contribution in [2.75, 3.05) is 44.9 Å². The number of nitrogens with one attached hydrogen (secondary N) is 2. The summed E-state index contributed by atoms with van der Waals surface area (Å²) in [7, 11) is 1.48.